The molecule has 7 nitrogen and oxygen atoms in total. The molecule has 0 aromatic heterocycles. The predicted octanol–water partition coefficient (Wildman–Crippen LogP) is 1.03. The Bertz CT molecular complexity index is 671. The van der Waals surface area contributed by atoms with E-state index in [1.807, 2.05) is 13.8 Å². The molecule has 1 aliphatic rings. The number of nitrogens with zero attached hydrogens (tertiary/aromatic N) is 1. The molecule has 1 aliphatic heterocycles. The number of carbonyl (C=O) groups is 1. The highest BCUT2D eigenvalue weighted by Gasteiger charge is 2.25. The largest absolute Gasteiger partial charge is 0.479 e. The Hall–Kier alpha value is -1.64. The van der Waals surface area contributed by atoms with E-state index in [0.29, 0.717) is 24.5 Å². The number of sulfonamides is 1. The molecular formula is C15H23N3O4S. The Balaban J connectivity index is 2.09. The van der Waals surface area contributed by atoms with Gasteiger partial charge in [0.15, 0.2) is 6.10 Å². The zero-order valence-corrected chi connectivity index (χ0v) is 14.4. The normalized spacial score (nSPS) is 17.6. The predicted molar refractivity (Wildman–Crippen MR) is 88.1 cm³/mol. The Morgan fingerprint density at radius 3 is 2.65 bits per heavy atom. The van der Waals surface area contributed by atoms with Gasteiger partial charge in [-0.3, -0.25) is 4.79 Å². The third kappa shape index (κ3) is 4.21. The summed E-state index contributed by atoms with van der Waals surface area (Å²) in [4.78, 5) is 13.9. The van der Waals surface area contributed by atoms with Crippen LogP contribution < -0.4 is 14.8 Å². The van der Waals surface area contributed by atoms with Crippen molar-refractivity contribution in [3.05, 3.63) is 18.2 Å². The third-order valence-corrected chi connectivity index (χ3v) is 5.27. The summed E-state index contributed by atoms with van der Waals surface area (Å²) in [5.74, 6) is 0.181. The first-order valence-electron chi connectivity index (χ1n) is 7.71. The first-order valence-corrected chi connectivity index (χ1v) is 9.19. The van der Waals surface area contributed by atoms with Crippen molar-refractivity contribution < 1.29 is 17.9 Å². The highest BCUT2D eigenvalue weighted by Crippen LogP contribution is 2.31. The van der Waals surface area contributed by atoms with Crippen LogP contribution >= 0.6 is 0 Å². The van der Waals surface area contributed by atoms with E-state index >= 15 is 0 Å². The molecule has 8 heteroatoms. The lowest BCUT2D eigenvalue weighted by molar-refractivity contribution is -0.122. The van der Waals surface area contributed by atoms with E-state index in [1.54, 1.807) is 13.0 Å². The lowest BCUT2D eigenvalue weighted by Crippen LogP contribution is -2.35. The lowest BCUT2D eigenvalue weighted by Gasteiger charge is -2.23. The maximum Gasteiger partial charge on any atom is 0.265 e. The van der Waals surface area contributed by atoms with Crippen LogP contribution in [-0.2, 0) is 14.8 Å². The van der Waals surface area contributed by atoms with E-state index in [-0.39, 0.29) is 10.8 Å². The quantitative estimate of drug-likeness (QED) is 0.773. The minimum Gasteiger partial charge on any atom is -0.479 e. The second kappa shape index (κ2) is 7.29. The molecular weight excluding hydrogens is 318 g/mol. The number of anilines is 1. The van der Waals surface area contributed by atoms with Crippen LogP contribution in [0, 0.1) is 0 Å². The molecule has 1 heterocycles. The number of hydrogen-bond donors (Lipinski definition) is 2. The van der Waals surface area contributed by atoms with Gasteiger partial charge >= 0.3 is 0 Å². The summed E-state index contributed by atoms with van der Waals surface area (Å²) in [6.45, 7) is 8.43. The number of nitrogens with one attached hydrogen (secondary N) is 2. The molecule has 0 fully saturated rings. The topological polar surface area (TPSA) is 87.7 Å². The fraction of sp³-hybridized carbons (Fsp3) is 0.533. The van der Waals surface area contributed by atoms with Gasteiger partial charge in [0.2, 0.25) is 10.0 Å². The standard InChI is InChI=1S/C15H23N3O4S/c1-4-18(5-2)9-8-16-23(20,21)12-6-7-14-13(10-12)17-15(19)11(3)22-14/h6-7,10-11,16H,4-5,8-9H2,1-3H3,(H,17,19). The maximum atomic E-state index is 12.3. The van der Waals surface area contributed by atoms with Gasteiger partial charge in [0.05, 0.1) is 10.6 Å². The molecule has 2 rings (SSSR count). The minimum atomic E-state index is -3.62. The number of carbonyl (C=O) groups excluding carboxylic acids is 1. The van der Waals surface area contributed by atoms with Gasteiger partial charge in [-0.05, 0) is 38.2 Å². The summed E-state index contributed by atoms with van der Waals surface area (Å²) < 4.78 is 32.7. The van der Waals surface area contributed by atoms with E-state index in [2.05, 4.69) is 14.9 Å². The summed E-state index contributed by atoms with van der Waals surface area (Å²) >= 11 is 0. The van der Waals surface area contributed by atoms with Gasteiger partial charge in [-0.2, -0.15) is 0 Å². The van der Waals surface area contributed by atoms with Crippen LogP contribution in [0.15, 0.2) is 23.1 Å². The smallest absolute Gasteiger partial charge is 0.265 e. The molecule has 1 unspecified atom stereocenters. The van der Waals surface area contributed by atoms with Gasteiger partial charge in [0, 0.05) is 13.1 Å². The average molecular weight is 341 g/mol. The molecule has 0 aliphatic carbocycles. The number of rotatable bonds is 7. The number of benzene rings is 1. The number of likely N-dealkylation sites (N-methyl/N-ethyl adjacent to an activating group) is 1. The molecule has 2 N–H and O–H groups in total. The third-order valence-electron chi connectivity index (χ3n) is 3.81. The second-order valence-electron chi connectivity index (χ2n) is 5.33. The van der Waals surface area contributed by atoms with Crippen LogP contribution in [0.4, 0.5) is 5.69 Å². The Morgan fingerprint density at radius 2 is 2.00 bits per heavy atom. The van der Waals surface area contributed by atoms with Gasteiger partial charge in [0.25, 0.3) is 5.91 Å². The van der Waals surface area contributed by atoms with Crippen LogP contribution in [0.5, 0.6) is 5.75 Å². The van der Waals surface area contributed by atoms with Gasteiger partial charge in [-0.15, -0.1) is 0 Å². The summed E-state index contributed by atoms with van der Waals surface area (Å²) in [6, 6.07) is 4.45. The van der Waals surface area contributed by atoms with E-state index in [0.717, 1.165) is 13.1 Å². The van der Waals surface area contributed by atoms with Crippen molar-refractivity contribution >= 4 is 21.6 Å². The Morgan fingerprint density at radius 1 is 1.30 bits per heavy atom. The molecule has 1 amide bonds. The van der Waals surface area contributed by atoms with Crippen LogP contribution in [0.2, 0.25) is 0 Å². The summed E-state index contributed by atoms with van der Waals surface area (Å²) in [6.07, 6.45) is -0.586. The number of ether oxygens (including phenoxy) is 1. The number of amides is 1. The zero-order chi connectivity index (χ0) is 17.0. The van der Waals surface area contributed by atoms with Crippen molar-refractivity contribution in [1.82, 2.24) is 9.62 Å². The molecule has 1 aromatic carbocycles. The molecule has 1 atom stereocenters. The first-order chi connectivity index (χ1) is 10.9. The summed E-state index contributed by atoms with van der Waals surface area (Å²) in [5, 5.41) is 2.65. The average Bonchev–Trinajstić information content (AvgIpc) is 2.52. The van der Waals surface area contributed by atoms with Crippen molar-refractivity contribution in [2.75, 3.05) is 31.5 Å². The van der Waals surface area contributed by atoms with Crippen LogP contribution in [0.1, 0.15) is 20.8 Å². The summed E-state index contributed by atoms with van der Waals surface area (Å²) in [7, 11) is -3.62. The SMILES string of the molecule is CCN(CC)CCNS(=O)(=O)c1ccc2c(c1)NC(=O)C(C)O2. The minimum absolute atomic E-state index is 0.106. The van der Waals surface area contributed by atoms with Gasteiger partial charge < -0.3 is 15.0 Å². The highest BCUT2D eigenvalue weighted by molar-refractivity contribution is 7.89. The zero-order valence-electron chi connectivity index (χ0n) is 13.6. The van der Waals surface area contributed by atoms with Crippen molar-refractivity contribution in [2.24, 2.45) is 0 Å². The number of hydrogen-bond acceptors (Lipinski definition) is 5. The monoisotopic (exact) mass is 341 g/mol. The fourth-order valence-electron chi connectivity index (χ4n) is 2.32. The van der Waals surface area contributed by atoms with E-state index in [9.17, 15) is 13.2 Å². The van der Waals surface area contributed by atoms with Crippen LogP contribution in [-0.4, -0.2) is 51.5 Å². The molecule has 0 bridgehead atoms. The molecule has 0 saturated carbocycles. The Kier molecular flexibility index (Phi) is 5.61. The highest BCUT2D eigenvalue weighted by atomic mass is 32.2. The van der Waals surface area contributed by atoms with Gasteiger partial charge in [-0.25, -0.2) is 13.1 Å². The van der Waals surface area contributed by atoms with Gasteiger partial charge in [0.1, 0.15) is 5.75 Å². The van der Waals surface area contributed by atoms with Crippen molar-refractivity contribution in [3.8, 4) is 5.75 Å². The Labute approximate surface area is 137 Å². The fourth-order valence-corrected chi connectivity index (χ4v) is 3.36. The summed E-state index contributed by atoms with van der Waals surface area (Å²) in [5.41, 5.74) is 0.375. The van der Waals surface area contributed by atoms with Gasteiger partial charge in [-0.1, -0.05) is 13.8 Å². The van der Waals surface area contributed by atoms with Crippen LogP contribution in [0.25, 0.3) is 0 Å². The molecule has 128 valence electrons. The molecule has 0 radical (unpaired) electrons. The number of fused-ring (bicyclic) bond motifs is 1. The van der Waals surface area contributed by atoms with E-state index < -0.39 is 16.1 Å². The van der Waals surface area contributed by atoms with Crippen LogP contribution in [0.3, 0.4) is 0 Å². The van der Waals surface area contributed by atoms with Crippen molar-refractivity contribution in [3.63, 3.8) is 0 Å². The molecule has 0 saturated heterocycles. The first kappa shape index (κ1) is 17.7. The lowest BCUT2D eigenvalue weighted by atomic mass is 10.2. The van der Waals surface area contributed by atoms with Crippen molar-refractivity contribution in [1.29, 1.82) is 0 Å². The maximum absolute atomic E-state index is 12.3. The van der Waals surface area contributed by atoms with Crippen molar-refractivity contribution in [2.45, 2.75) is 31.8 Å². The molecule has 23 heavy (non-hydrogen) atoms. The second-order valence-corrected chi connectivity index (χ2v) is 7.10. The molecule has 0 spiro atoms. The molecule has 1 aromatic rings. The van der Waals surface area contributed by atoms with E-state index in [4.69, 9.17) is 4.74 Å². The van der Waals surface area contributed by atoms with E-state index in [1.165, 1.54) is 12.1 Å².